The Morgan fingerprint density at radius 1 is 1.21 bits per heavy atom. The molecule has 19 heavy (non-hydrogen) atoms. The minimum absolute atomic E-state index is 0.180. The van der Waals surface area contributed by atoms with E-state index in [0.29, 0.717) is 23.1 Å². The van der Waals surface area contributed by atoms with Crippen LogP contribution in [0.15, 0.2) is 29.2 Å². The number of hydrogen-bond acceptors (Lipinski definition) is 3. The smallest absolute Gasteiger partial charge is 0.178 e. The normalized spacial score (nSPS) is 13.5. The summed E-state index contributed by atoms with van der Waals surface area (Å²) in [5, 5.41) is 3.31. The maximum atomic E-state index is 11.9. The van der Waals surface area contributed by atoms with Crippen molar-refractivity contribution in [3.8, 4) is 0 Å². The minimum Gasteiger partial charge on any atom is -0.381 e. The fourth-order valence-electron chi connectivity index (χ4n) is 1.74. The van der Waals surface area contributed by atoms with Gasteiger partial charge in [-0.1, -0.05) is 20.8 Å². The zero-order valence-corrected chi connectivity index (χ0v) is 13.3. The number of sulfone groups is 1. The van der Waals surface area contributed by atoms with Crippen molar-refractivity contribution < 1.29 is 8.42 Å². The van der Waals surface area contributed by atoms with Crippen molar-refractivity contribution in [1.82, 2.24) is 0 Å². The summed E-state index contributed by atoms with van der Waals surface area (Å²) in [4.78, 5) is 0.381. The van der Waals surface area contributed by atoms with Crippen LogP contribution in [0.3, 0.4) is 0 Å². The summed E-state index contributed by atoms with van der Waals surface area (Å²) in [6, 6.07) is 7.08. The van der Waals surface area contributed by atoms with Gasteiger partial charge in [0, 0.05) is 17.6 Å². The largest absolute Gasteiger partial charge is 0.381 e. The van der Waals surface area contributed by atoms with Crippen LogP contribution in [0.1, 0.15) is 27.2 Å². The quantitative estimate of drug-likeness (QED) is 0.784. The summed E-state index contributed by atoms with van der Waals surface area (Å²) in [5.74, 6) is 1.13. The number of nitrogens with one attached hydrogen (secondary N) is 1. The van der Waals surface area contributed by atoms with Gasteiger partial charge in [-0.25, -0.2) is 8.42 Å². The lowest BCUT2D eigenvalue weighted by Crippen LogP contribution is -2.27. The average Bonchev–Trinajstić information content (AvgIpc) is 2.36. The summed E-state index contributed by atoms with van der Waals surface area (Å²) in [5.41, 5.74) is 0.898. The van der Waals surface area contributed by atoms with Crippen molar-refractivity contribution in [2.24, 2.45) is 5.92 Å². The summed E-state index contributed by atoms with van der Waals surface area (Å²) < 4.78 is 23.8. The van der Waals surface area contributed by atoms with Crippen LogP contribution in [0, 0.1) is 5.92 Å². The van der Waals surface area contributed by atoms with Gasteiger partial charge in [-0.3, -0.25) is 0 Å². The van der Waals surface area contributed by atoms with Gasteiger partial charge < -0.3 is 5.32 Å². The molecule has 0 heterocycles. The molecule has 0 bridgehead atoms. The van der Waals surface area contributed by atoms with Crippen molar-refractivity contribution in [3.05, 3.63) is 24.3 Å². The van der Waals surface area contributed by atoms with Gasteiger partial charge in [0.15, 0.2) is 9.84 Å². The molecule has 0 aromatic heterocycles. The van der Waals surface area contributed by atoms with Crippen LogP contribution in [-0.4, -0.2) is 26.1 Å². The lowest BCUT2D eigenvalue weighted by molar-refractivity contribution is 0.564. The first-order valence-electron chi connectivity index (χ1n) is 6.56. The Hall–Kier alpha value is -0.740. The molecule has 1 rings (SSSR count). The number of alkyl halides is 1. The molecule has 0 radical (unpaired) electrons. The Morgan fingerprint density at radius 3 is 2.21 bits per heavy atom. The molecule has 1 N–H and O–H groups in total. The minimum atomic E-state index is -3.13. The third-order valence-electron chi connectivity index (χ3n) is 3.01. The Kier molecular flexibility index (Phi) is 6.14. The van der Waals surface area contributed by atoms with Crippen LogP contribution in [-0.2, 0) is 9.84 Å². The van der Waals surface area contributed by atoms with Crippen LogP contribution in [0.5, 0.6) is 0 Å². The molecule has 0 aliphatic rings. The van der Waals surface area contributed by atoms with Crippen LogP contribution in [0.2, 0.25) is 0 Å². The van der Waals surface area contributed by atoms with Gasteiger partial charge in [0.25, 0.3) is 0 Å². The molecular formula is C14H22ClNO2S. The first-order chi connectivity index (χ1) is 8.90. The predicted molar refractivity (Wildman–Crippen MR) is 81.8 cm³/mol. The fraction of sp³-hybridized carbons (Fsp3) is 0.571. The van der Waals surface area contributed by atoms with Crippen molar-refractivity contribution in [3.63, 3.8) is 0 Å². The Balaban J connectivity index is 2.82. The van der Waals surface area contributed by atoms with E-state index in [1.807, 2.05) is 6.92 Å². The summed E-state index contributed by atoms with van der Waals surface area (Å²) >= 11 is 5.90. The van der Waals surface area contributed by atoms with Crippen LogP contribution >= 0.6 is 11.6 Å². The molecule has 108 valence electrons. The Bertz CT molecular complexity index is 483. The number of hydrogen-bond donors (Lipinski definition) is 1. The highest BCUT2D eigenvalue weighted by Crippen LogP contribution is 2.18. The average molecular weight is 304 g/mol. The van der Waals surface area contributed by atoms with E-state index >= 15 is 0 Å². The molecule has 1 aromatic carbocycles. The van der Waals surface area contributed by atoms with Gasteiger partial charge in [0.2, 0.25) is 0 Å². The van der Waals surface area contributed by atoms with E-state index in [4.69, 9.17) is 11.6 Å². The van der Waals surface area contributed by atoms with E-state index in [9.17, 15) is 8.42 Å². The first kappa shape index (κ1) is 16.3. The lowest BCUT2D eigenvalue weighted by Gasteiger charge is -2.21. The molecule has 1 unspecified atom stereocenters. The molecule has 0 aliphatic heterocycles. The van der Waals surface area contributed by atoms with Gasteiger partial charge >= 0.3 is 0 Å². The maximum Gasteiger partial charge on any atom is 0.178 e. The van der Waals surface area contributed by atoms with E-state index in [-0.39, 0.29) is 11.8 Å². The molecule has 5 heteroatoms. The van der Waals surface area contributed by atoms with Gasteiger partial charge in [-0.2, -0.15) is 0 Å². The lowest BCUT2D eigenvalue weighted by atomic mass is 10.1. The van der Waals surface area contributed by atoms with Crippen LogP contribution in [0.4, 0.5) is 5.69 Å². The topological polar surface area (TPSA) is 46.2 Å². The van der Waals surface area contributed by atoms with Crippen molar-refractivity contribution in [2.75, 3.05) is 16.9 Å². The monoisotopic (exact) mass is 303 g/mol. The second-order valence-electron chi connectivity index (χ2n) is 4.99. The molecule has 0 amide bonds. The third kappa shape index (κ3) is 4.69. The summed E-state index contributed by atoms with van der Waals surface area (Å²) in [7, 11) is -3.13. The fourth-order valence-corrected chi connectivity index (χ4v) is 3.50. The highest BCUT2D eigenvalue weighted by Gasteiger charge is 2.14. The number of benzene rings is 1. The van der Waals surface area contributed by atoms with E-state index in [2.05, 4.69) is 19.2 Å². The van der Waals surface area contributed by atoms with E-state index < -0.39 is 9.84 Å². The van der Waals surface area contributed by atoms with Crippen molar-refractivity contribution in [2.45, 2.75) is 38.1 Å². The molecule has 0 fully saturated rings. The molecule has 3 nitrogen and oxygen atoms in total. The number of halogens is 1. The second kappa shape index (κ2) is 7.15. The first-order valence-corrected chi connectivity index (χ1v) is 8.74. The van der Waals surface area contributed by atoms with Crippen LogP contribution < -0.4 is 5.32 Å². The van der Waals surface area contributed by atoms with E-state index in [0.717, 1.165) is 5.69 Å². The molecule has 1 atom stereocenters. The number of rotatable bonds is 7. The second-order valence-corrected chi connectivity index (χ2v) is 7.41. The highest BCUT2D eigenvalue weighted by molar-refractivity contribution is 7.91. The Morgan fingerprint density at radius 2 is 1.79 bits per heavy atom. The van der Waals surface area contributed by atoms with Gasteiger partial charge in [-0.05, 0) is 36.6 Å². The molecule has 0 saturated carbocycles. The molecule has 0 aliphatic carbocycles. The van der Waals surface area contributed by atoms with Crippen molar-refractivity contribution >= 4 is 27.1 Å². The molecule has 0 saturated heterocycles. The van der Waals surface area contributed by atoms with E-state index in [1.54, 1.807) is 24.3 Å². The van der Waals surface area contributed by atoms with Gasteiger partial charge in [0.1, 0.15) is 0 Å². The summed E-state index contributed by atoms with van der Waals surface area (Å²) in [6.45, 7) is 6.06. The third-order valence-corrected chi connectivity index (χ3v) is 5.28. The Labute approximate surface area is 121 Å². The highest BCUT2D eigenvalue weighted by atomic mass is 35.5. The predicted octanol–water partition coefficient (Wildman–Crippen LogP) is 3.55. The van der Waals surface area contributed by atoms with Gasteiger partial charge in [0.05, 0.1) is 10.6 Å². The zero-order valence-electron chi connectivity index (χ0n) is 11.7. The van der Waals surface area contributed by atoms with Crippen molar-refractivity contribution in [1.29, 1.82) is 0 Å². The SMILES string of the molecule is CCCS(=O)(=O)c1ccc(NC(CCl)C(C)C)cc1. The molecular weight excluding hydrogens is 282 g/mol. The molecule has 0 spiro atoms. The van der Waals surface area contributed by atoms with Crippen LogP contribution in [0.25, 0.3) is 0 Å². The standard InChI is InChI=1S/C14H22ClNO2S/c1-4-9-19(17,18)13-7-5-12(6-8-13)16-14(10-15)11(2)3/h5-8,11,14,16H,4,9-10H2,1-3H3. The number of anilines is 1. The maximum absolute atomic E-state index is 11.9. The summed E-state index contributed by atoms with van der Waals surface area (Å²) in [6.07, 6.45) is 0.629. The van der Waals surface area contributed by atoms with Gasteiger partial charge in [-0.15, -0.1) is 11.6 Å². The zero-order chi connectivity index (χ0) is 14.5. The van der Waals surface area contributed by atoms with E-state index in [1.165, 1.54) is 0 Å². The molecule has 1 aromatic rings.